The highest BCUT2D eigenvalue weighted by molar-refractivity contribution is 7.90. The van der Waals surface area contributed by atoms with Crippen molar-refractivity contribution in [2.75, 3.05) is 35.4 Å². The van der Waals surface area contributed by atoms with Crippen LogP contribution in [-0.4, -0.2) is 68.5 Å². The number of hydrogen-bond donors (Lipinski definition) is 0. The van der Waals surface area contributed by atoms with E-state index in [1.54, 1.807) is 71.7 Å². The predicted octanol–water partition coefficient (Wildman–Crippen LogP) is 3.19. The fraction of sp³-hybridized carbons (Fsp3) is 0.240. The van der Waals surface area contributed by atoms with Gasteiger partial charge in [0.15, 0.2) is 0 Å². The van der Waals surface area contributed by atoms with E-state index in [1.165, 1.54) is 8.61 Å². The number of imidazole rings is 1. The van der Waals surface area contributed by atoms with Crippen molar-refractivity contribution >= 4 is 27.5 Å². The topological polar surface area (TPSA) is 126 Å². The molecule has 1 fully saturated rings. The number of alkyl halides is 2. The second-order valence-electron chi connectivity index (χ2n) is 8.94. The molecule has 0 N–H and O–H groups in total. The maximum absolute atomic E-state index is 13.9. The van der Waals surface area contributed by atoms with Gasteiger partial charge in [-0.2, -0.15) is 21.5 Å². The standard InChI is InChI=1S/C25H23F2N9O3S/c26-22(27)24-32-31-23(39-24)18-7-10-34-16-19(30-21(34)15-18)17-36(20-5-2-1-3-6-20)40(37,38)35-13-11-33(12-14-35)25-28-8-4-9-29-25/h1-10,15-16,22H,11-14,17H2. The number of benzene rings is 1. The number of piperazine rings is 1. The number of fused-ring (bicyclic) bond motifs is 1. The molecule has 12 nitrogen and oxygen atoms in total. The third-order valence-electron chi connectivity index (χ3n) is 6.41. The summed E-state index contributed by atoms with van der Waals surface area (Å²) in [5.41, 5.74) is 1.86. The highest BCUT2D eigenvalue weighted by atomic mass is 32.2. The summed E-state index contributed by atoms with van der Waals surface area (Å²) >= 11 is 0. The Morgan fingerprint density at radius 3 is 2.42 bits per heavy atom. The molecule has 1 aromatic carbocycles. The van der Waals surface area contributed by atoms with Crippen molar-refractivity contribution in [3.8, 4) is 11.5 Å². The van der Waals surface area contributed by atoms with Crippen LogP contribution in [0, 0.1) is 0 Å². The van der Waals surface area contributed by atoms with Gasteiger partial charge in [-0.25, -0.2) is 15.0 Å². The highest BCUT2D eigenvalue weighted by Gasteiger charge is 2.34. The maximum Gasteiger partial charge on any atom is 0.314 e. The van der Waals surface area contributed by atoms with E-state index >= 15 is 0 Å². The summed E-state index contributed by atoms with van der Waals surface area (Å²) in [6.45, 7) is 1.41. The van der Waals surface area contributed by atoms with Crippen LogP contribution in [0.15, 0.2) is 77.7 Å². The van der Waals surface area contributed by atoms with Crippen molar-refractivity contribution in [3.05, 3.63) is 84.9 Å². The Labute approximate surface area is 227 Å². The molecule has 0 unspecified atom stereocenters. The Morgan fingerprint density at radius 1 is 0.975 bits per heavy atom. The summed E-state index contributed by atoms with van der Waals surface area (Å²) in [6.07, 6.45) is 3.82. The SMILES string of the molecule is O=S(=O)(N1CCN(c2ncccn2)CC1)N(Cc1cn2ccc(-c3nnc(C(F)F)o3)cc2n1)c1ccccc1. The van der Waals surface area contributed by atoms with Crippen molar-refractivity contribution < 1.29 is 21.6 Å². The second-order valence-corrected chi connectivity index (χ2v) is 10.8. The first-order valence-corrected chi connectivity index (χ1v) is 13.7. The van der Waals surface area contributed by atoms with Crippen LogP contribution >= 0.6 is 0 Å². The van der Waals surface area contributed by atoms with Gasteiger partial charge in [-0.15, -0.1) is 10.2 Å². The number of aromatic nitrogens is 6. The number of nitrogens with zero attached hydrogens (tertiary/aromatic N) is 9. The van der Waals surface area contributed by atoms with Crippen molar-refractivity contribution in [2.24, 2.45) is 0 Å². The highest BCUT2D eigenvalue weighted by Crippen LogP contribution is 2.27. The molecular weight excluding hydrogens is 544 g/mol. The monoisotopic (exact) mass is 567 g/mol. The largest absolute Gasteiger partial charge is 0.415 e. The number of rotatable bonds is 8. The molecular formula is C25H23F2N9O3S. The zero-order valence-electron chi connectivity index (χ0n) is 21.0. The normalized spacial score (nSPS) is 14.7. The molecule has 0 radical (unpaired) electrons. The molecule has 0 aliphatic carbocycles. The van der Waals surface area contributed by atoms with Crippen LogP contribution in [0.1, 0.15) is 18.0 Å². The quantitative estimate of drug-likeness (QED) is 0.278. The third-order valence-corrected chi connectivity index (χ3v) is 8.33. The van der Waals surface area contributed by atoms with Gasteiger partial charge in [-0.1, -0.05) is 18.2 Å². The van der Waals surface area contributed by atoms with Gasteiger partial charge in [-0.05, 0) is 30.3 Å². The fourth-order valence-electron chi connectivity index (χ4n) is 4.44. The van der Waals surface area contributed by atoms with Crippen molar-refractivity contribution in [1.29, 1.82) is 0 Å². The van der Waals surface area contributed by atoms with Gasteiger partial charge in [-0.3, -0.25) is 4.31 Å². The zero-order chi connectivity index (χ0) is 27.7. The Kier molecular flexibility index (Phi) is 6.81. The van der Waals surface area contributed by atoms with Gasteiger partial charge in [0.25, 0.3) is 5.89 Å². The lowest BCUT2D eigenvalue weighted by molar-refractivity contribution is 0.116. The van der Waals surface area contributed by atoms with Gasteiger partial charge in [0.05, 0.1) is 17.9 Å². The minimum Gasteiger partial charge on any atom is -0.415 e. The molecule has 6 rings (SSSR count). The van der Waals surface area contributed by atoms with E-state index in [9.17, 15) is 17.2 Å². The van der Waals surface area contributed by atoms with Crippen LogP contribution in [0.5, 0.6) is 0 Å². The lowest BCUT2D eigenvalue weighted by atomic mass is 10.2. The first-order valence-electron chi connectivity index (χ1n) is 12.3. The molecule has 1 aliphatic rings. The van der Waals surface area contributed by atoms with E-state index < -0.39 is 22.5 Å². The minimum atomic E-state index is -3.93. The average Bonchev–Trinajstić information content (AvgIpc) is 3.64. The number of pyridine rings is 1. The van der Waals surface area contributed by atoms with Crippen LogP contribution in [0.2, 0.25) is 0 Å². The van der Waals surface area contributed by atoms with Crippen LogP contribution in [-0.2, 0) is 16.8 Å². The van der Waals surface area contributed by atoms with E-state index in [0.717, 1.165) is 0 Å². The summed E-state index contributed by atoms with van der Waals surface area (Å²) in [6, 6.07) is 13.8. The molecule has 15 heteroatoms. The van der Waals surface area contributed by atoms with Crippen LogP contribution in [0.25, 0.3) is 17.1 Å². The number of anilines is 2. The third kappa shape index (κ3) is 5.08. The Morgan fingerprint density at radius 2 is 1.73 bits per heavy atom. The molecule has 4 aromatic heterocycles. The average molecular weight is 568 g/mol. The van der Waals surface area contributed by atoms with Gasteiger partial charge in [0, 0.05) is 56.5 Å². The lowest BCUT2D eigenvalue weighted by Crippen LogP contribution is -2.53. The van der Waals surface area contributed by atoms with E-state index in [0.29, 0.717) is 41.6 Å². The molecule has 0 saturated carbocycles. The molecule has 0 spiro atoms. The van der Waals surface area contributed by atoms with Gasteiger partial charge >= 0.3 is 16.6 Å². The fourth-order valence-corrected chi connectivity index (χ4v) is 6.03. The minimum absolute atomic E-state index is 0.0263. The smallest absolute Gasteiger partial charge is 0.314 e. The molecule has 0 atom stereocenters. The number of hydrogen-bond acceptors (Lipinski definition) is 9. The summed E-state index contributed by atoms with van der Waals surface area (Å²) in [4.78, 5) is 15.1. The van der Waals surface area contributed by atoms with Crippen molar-refractivity contribution in [1.82, 2.24) is 33.9 Å². The molecule has 206 valence electrons. The molecule has 5 aromatic rings. The predicted molar refractivity (Wildman–Crippen MR) is 141 cm³/mol. The van der Waals surface area contributed by atoms with Crippen molar-refractivity contribution in [3.63, 3.8) is 0 Å². The maximum atomic E-state index is 13.9. The molecule has 1 aliphatic heterocycles. The zero-order valence-corrected chi connectivity index (χ0v) is 21.8. The summed E-state index contributed by atoms with van der Waals surface area (Å²) in [5.74, 6) is -0.259. The van der Waals surface area contributed by atoms with E-state index in [1.807, 2.05) is 11.0 Å². The van der Waals surface area contributed by atoms with Gasteiger partial charge < -0.3 is 13.7 Å². The van der Waals surface area contributed by atoms with Crippen LogP contribution in [0.3, 0.4) is 0 Å². The van der Waals surface area contributed by atoms with E-state index in [4.69, 9.17) is 4.42 Å². The lowest BCUT2D eigenvalue weighted by Gasteiger charge is -2.37. The number of para-hydroxylation sites is 1. The summed E-state index contributed by atoms with van der Waals surface area (Å²) < 4.78 is 63.1. The van der Waals surface area contributed by atoms with E-state index in [2.05, 4.69) is 25.1 Å². The molecule has 40 heavy (non-hydrogen) atoms. The summed E-state index contributed by atoms with van der Waals surface area (Å²) in [5, 5.41) is 7.04. The Bertz CT molecular complexity index is 1710. The number of halogens is 2. The molecule has 0 amide bonds. The van der Waals surface area contributed by atoms with Gasteiger partial charge in [0.1, 0.15) is 5.65 Å². The van der Waals surface area contributed by atoms with Crippen LogP contribution < -0.4 is 9.21 Å². The first kappa shape index (κ1) is 25.8. The van der Waals surface area contributed by atoms with E-state index in [-0.39, 0.29) is 25.5 Å². The molecule has 0 bridgehead atoms. The van der Waals surface area contributed by atoms with Crippen molar-refractivity contribution in [2.45, 2.75) is 13.0 Å². The Balaban J connectivity index is 1.26. The molecule has 1 saturated heterocycles. The second kappa shape index (κ2) is 10.6. The molecule has 5 heterocycles. The summed E-state index contributed by atoms with van der Waals surface area (Å²) in [7, 11) is -3.93. The Hall–Kier alpha value is -4.50. The van der Waals surface area contributed by atoms with Gasteiger partial charge in [0.2, 0.25) is 11.8 Å². The van der Waals surface area contributed by atoms with Crippen LogP contribution in [0.4, 0.5) is 20.4 Å². The first-order chi connectivity index (χ1) is 19.4.